The molecule has 3 heterocycles. The summed E-state index contributed by atoms with van der Waals surface area (Å²) in [7, 11) is 1.35. The molecule has 0 saturated carbocycles. The van der Waals surface area contributed by atoms with Crippen LogP contribution in [0, 0.1) is 0 Å². The maximum Gasteiger partial charge on any atom is 0.341 e. The lowest BCUT2D eigenvalue weighted by Crippen LogP contribution is -2.15. The van der Waals surface area contributed by atoms with Crippen LogP contribution in [-0.4, -0.2) is 44.6 Å². The number of rotatable bonds is 7. The van der Waals surface area contributed by atoms with E-state index in [-0.39, 0.29) is 12.3 Å². The number of aryl methyl sites for hydroxylation is 1. The van der Waals surface area contributed by atoms with Gasteiger partial charge in [-0.15, -0.1) is 21.5 Å². The molecular formula is C19H20N6O3S2. The normalized spacial score (nSPS) is 12.6. The van der Waals surface area contributed by atoms with Crippen molar-refractivity contribution in [1.29, 1.82) is 0 Å². The van der Waals surface area contributed by atoms with Crippen molar-refractivity contribution in [3.63, 3.8) is 0 Å². The number of pyridine rings is 1. The van der Waals surface area contributed by atoms with Crippen LogP contribution in [0.4, 0.5) is 5.00 Å². The van der Waals surface area contributed by atoms with Crippen molar-refractivity contribution in [2.75, 3.05) is 24.0 Å². The van der Waals surface area contributed by atoms with Gasteiger partial charge in [0.1, 0.15) is 5.00 Å². The van der Waals surface area contributed by atoms with Gasteiger partial charge >= 0.3 is 5.97 Å². The Balaban J connectivity index is 1.37. The Morgan fingerprint density at radius 3 is 3.00 bits per heavy atom. The van der Waals surface area contributed by atoms with Crippen LogP contribution in [0.15, 0.2) is 29.7 Å². The molecular weight excluding hydrogens is 424 g/mol. The van der Waals surface area contributed by atoms with Crippen LogP contribution in [0.25, 0.3) is 11.4 Å². The lowest BCUT2D eigenvalue weighted by atomic mass is 10.1. The van der Waals surface area contributed by atoms with E-state index in [1.807, 2.05) is 6.07 Å². The Hall–Kier alpha value is -2.92. The van der Waals surface area contributed by atoms with Gasteiger partial charge in [-0.05, 0) is 37.0 Å². The van der Waals surface area contributed by atoms with Crippen molar-refractivity contribution in [2.24, 2.45) is 0 Å². The predicted octanol–water partition coefficient (Wildman–Crippen LogP) is 2.51. The van der Waals surface area contributed by atoms with Crippen LogP contribution in [0.1, 0.15) is 33.6 Å². The van der Waals surface area contributed by atoms with Crippen molar-refractivity contribution in [1.82, 2.24) is 19.9 Å². The average Bonchev–Trinajstić information content (AvgIpc) is 3.43. The fraction of sp³-hybridized carbons (Fsp3) is 0.316. The number of ether oxygens (including phenoxy) is 1. The predicted molar refractivity (Wildman–Crippen MR) is 115 cm³/mol. The zero-order valence-corrected chi connectivity index (χ0v) is 17.9. The minimum absolute atomic E-state index is 0.178. The Morgan fingerprint density at radius 1 is 1.37 bits per heavy atom. The molecule has 1 aliphatic carbocycles. The van der Waals surface area contributed by atoms with Crippen molar-refractivity contribution >= 4 is 40.0 Å². The van der Waals surface area contributed by atoms with E-state index in [1.165, 1.54) is 34.9 Å². The number of carbonyl (C=O) groups is 2. The average molecular weight is 445 g/mol. The Morgan fingerprint density at radius 2 is 2.23 bits per heavy atom. The van der Waals surface area contributed by atoms with Crippen LogP contribution < -0.4 is 11.2 Å². The van der Waals surface area contributed by atoms with Crippen LogP contribution in [0.5, 0.6) is 0 Å². The monoisotopic (exact) mass is 444 g/mol. The molecule has 9 nitrogen and oxygen atoms in total. The second-order valence-electron chi connectivity index (χ2n) is 6.62. The van der Waals surface area contributed by atoms with Gasteiger partial charge in [0.2, 0.25) is 11.1 Å². The second kappa shape index (κ2) is 8.84. The minimum atomic E-state index is -0.404. The molecule has 0 bridgehead atoms. The van der Waals surface area contributed by atoms with E-state index >= 15 is 0 Å². The maximum atomic E-state index is 12.5. The number of hydrogen-bond donors (Lipinski definition) is 2. The first-order valence-corrected chi connectivity index (χ1v) is 11.1. The minimum Gasteiger partial charge on any atom is -0.465 e. The summed E-state index contributed by atoms with van der Waals surface area (Å²) >= 11 is 2.80. The van der Waals surface area contributed by atoms with Gasteiger partial charge in [0, 0.05) is 35.0 Å². The highest BCUT2D eigenvalue weighted by Gasteiger charge is 2.28. The lowest BCUT2D eigenvalue weighted by Gasteiger charge is -2.07. The first kappa shape index (κ1) is 20.4. The third-order valence-electron chi connectivity index (χ3n) is 4.71. The van der Waals surface area contributed by atoms with Crippen molar-refractivity contribution in [3.05, 3.63) is 40.5 Å². The van der Waals surface area contributed by atoms with Crippen molar-refractivity contribution in [3.8, 4) is 11.4 Å². The standard InChI is InChI=1S/C19H20N6O3S2/c1-28-18(27)15-12-5-2-6-13(12)30-17(15)22-14(26)7-9-29-19-24-23-16(25(19)20)11-4-3-8-21-10-11/h3-4,8,10H,2,5-7,9,20H2,1H3,(H,22,26). The number of amides is 1. The zero-order chi connectivity index (χ0) is 21.1. The molecule has 0 unspecified atom stereocenters. The number of methoxy groups -OCH3 is 1. The molecule has 0 atom stereocenters. The first-order valence-electron chi connectivity index (χ1n) is 9.35. The fourth-order valence-electron chi connectivity index (χ4n) is 3.30. The molecule has 0 spiro atoms. The van der Waals surface area contributed by atoms with Gasteiger partial charge in [0.15, 0.2) is 5.82 Å². The number of aromatic nitrogens is 4. The highest BCUT2D eigenvalue weighted by Crippen LogP contribution is 2.39. The van der Waals surface area contributed by atoms with Gasteiger partial charge < -0.3 is 15.9 Å². The summed E-state index contributed by atoms with van der Waals surface area (Å²) in [5.41, 5.74) is 2.27. The molecule has 0 fully saturated rings. The number of fused-ring (bicyclic) bond motifs is 1. The number of nitrogens with zero attached hydrogens (tertiary/aromatic N) is 4. The topological polar surface area (TPSA) is 125 Å². The van der Waals surface area contributed by atoms with E-state index in [9.17, 15) is 9.59 Å². The fourth-order valence-corrected chi connectivity index (χ4v) is 5.39. The summed E-state index contributed by atoms with van der Waals surface area (Å²) in [6.45, 7) is 0. The van der Waals surface area contributed by atoms with Gasteiger partial charge in [-0.2, -0.15) is 0 Å². The molecule has 11 heteroatoms. The van der Waals surface area contributed by atoms with E-state index < -0.39 is 5.97 Å². The third-order valence-corrected chi connectivity index (χ3v) is 6.86. The van der Waals surface area contributed by atoms with Gasteiger partial charge in [-0.1, -0.05) is 11.8 Å². The van der Waals surface area contributed by atoms with E-state index in [2.05, 4.69) is 20.5 Å². The molecule has 0 saturated heterocycles. The summed E-state index contributed by atoms with van der Waals surface area (Å²) in [6.07, 6.45) is 6.36. The summed E-state index contributed by atoms with van der Waals surface area (Å²) in [4.78, 5) is 29.8. The summed E-state index contributed by atoms with van der Waals surface area (Å²) in [6, 6.07) is 3.64. The van der Waals surface area contributed by atoms with Gasteiger partial charge in [-0.25, -0.2) is 9.47 Å². The van der Waals surface area contributed by atoms with E-state index in [4.69, 9.17) is 10.6 Å². The SMILES string of the molecule is COC(=O)c1c(NC(=O)CCSc2nnc(-c3cccnc3)n2N)sc2c1CCC2. The number of carbonyl (C=O) groups excluding carboxylic acids is 2. The maximum absolute atomic E-state index is 12.5. The number of nitrogen functional groups attached to an aromatic ring is 1. The highest BCUT2D eigenvalue weighted by atomic mass is 32.2. The van der Waals surface area contributed by atoms with Crippen LogP contribution in [0.3, 0.4) is 0 Å². The Bertz CT molecular complexity index is 1080. The molecule has 0 aromatic carbocycles. The number of hydrogen-bond acceptors (Lipinski definition) is 9. The van der Waals surface area contributed by atoms with E-state index in [0.29, 0.717) is 27.3 Å². The molecule has 4 rings (SSSR count). The van der Waals surface area contributed by atoms with Gasteiger partial charge in [0.25, 0.3) is 0 Å². The van der Waals surface area contributed by atoms with Crippen LogP contribution in [0.2, 0.25) is 0 Å². The molecule has 156 valence electrons. The Labute approximate surface area is 181 Å². The smallest absolute Gasteiger partial charge is 0.341 e. The third kappa shape index (κ3) is 4.03. The zero-order valence-electron chi connectivity index (χ0n) is 16.3. The molecule has 3 aromatic heterocycles. The highest BCUT2D eigenvalue weighted by molar-refractivity contribution is 7.99. The molecule has 30 heavy (non-hydrogen) atoms. The summed E-state index contributed by atoms with van der Waals surface area (Å²) < 4.78 is 6.30. The van der Waals surface area contributed by atoms with Gasteiger partial charge in [-0.3, -0.25) is 9.78 Å². The largest absolute Gasteiger partial charge is 0.465 e. The molecule has 3 N–H and O–H groups in total. The van der Waals surface area contributed by atoms with E-state index in [0.717, 1.165) is 35.3 Å². The van der Waals surface area contributed by atoms with E-state index in [1.54, 1.807) is 18.5 Å². The van der Waals surface area contributed by atoms with Gasteiger partial charge in [0.05, 0.1) is 12.7 Å². The number of thioether (sulfide) groups is 1. The number of esters is 1. The lowest BCUT2D eigenvalue weighted by molar-refractivity contribution is -0.115. The summed E-state index contributed by atoms with van der Waals surface area (Å²) in [5, 5.41) is 12.1. The van der Waals surface area contributed by atoms with Crippen LogP contribution in [-0.2, 0) is 22.4 Å². The van der Waals surface area contributed by atoms with Crippen molar-refractivity contribution < 1.29 is 14.3 Å². The van der Waals surface area contributed by atoms with Crippen LogP contribution >= 0.6 is 23.1 Å². The molecule has 0 radical (unpaired) electrons. The first-order chi connectivity index (χ1) is 14.6. The number of thiophene rings is 1. The quantitative estimate of drug-likeness (QED) is 0.323. The Kier molecular flexibility index (Phi) is 6.00. The number of nitrogens with one attached hydrogen (secondary N) is 1. The second-order valence-corrected chi connectivity index (χ2v) is 8.78. The molecule has 0 aliphatic heterocycles. The molecule has 1 aliphatic rings. The summed E-state index contributed by atoms with van der Waals surface area (Å²) in [5.74, 6) is 6.47. The number of anilines is 1. The number of nitrogens with two attached hydrogens (primary N) is 1. The molecule has 1 amide bonds. The molecule has 3 aromatic rings. The van der Waals surface area contributed by atoms with Crippen molar-refractivity contribution in [2.45, 2.75) is 30.8 Å².